The molecule has 0 unspecified atom stereocenters. The average Bonchev–Trinajstić information content (AvgIpc) is 2.54. The Balaban J connectivity index is 1.96. The lowest BCUT2D eigenvalue weighted by Gasteiger charge is -2.08. The predicted octanol–water partition coefficient (Wildman–Crippen LogP) is 4.62. The fraction of sp³-hybridized carbons (Fsp3) is 0.235. The zero-order chi connectivity index (χ0) is 18.4. The molecule has 2 aromatic rings. The predicted molar refractivity (Wildman–Crippen MR) is 96.1 cm³/mol. The van der Waals surface area contributed by atoms with Gasteiger partial charge in [-0.2, -0.15) is 14.0 Å². The topological polar surface area (TPSA) is 65.8 Å². The molecule has 0 saturated carbocycles. The first-order valence-corrected chi connectivity index (χ1v) is 9.11. The van der Waals surface area contributed by atoms with Gasteiger partial charge in [0.2, 0.25) is 5.91 Å². The van der Waals surface area contributed by atoms with Gasteiger partial charge in [0.15, 0.2) is 0 Å². The molecular formula is C17H15F2N3OS2. The number of hydrogen-bond donors (Lipinski definition) is 1. The maximum Gasteiger partial charge on any atom is 0.288 e. The van der Waals surface area contributed by atoms with Crippen molar-refractivity contribution in [2.45, 2.75) is 29.5 Å². The first-order chi connectivity index (χ1) is 11.9. The highest BCUT2D eigenvalue weighted by atomic mass is 32.2. The van der Waals surface area contributed by atoms with Crippen LogP contribution < -0.4 is 5.32 Å². The standard InChI is InChI=1S/C17H15F2N3OS2/c1-10-7-11(2)21-16(14(10)8-20)24-9-15(23)22-12-3-5-13(6-4-12)25-17(18)19/h3-7,17H,9H2,1-2H3,(H,22,23). The Morgan fingerprint density at radius 3 is 2.60 bits per heavy atom. The number of benzene rings is 1. The van der Waals surface area contributed by atoms with E-state index >= 15 is 0 Å². The minimum absolute atomic E-state index is 0.0953. The number of rotatable bonds is 6. The normalized spacial score (nSPS) is 10.6. The summed E-state index contributed by atoms with van der Waals surface area (Å²) >= 11 is 1.64. The smallest absolute Gasteiger partial charge is 0.288 e. The van der Waals surface area contributed by atoms with Crippen molar-refractivity contribution in [3.63, 3.8) is 0 Å². The maximum absolute atomic E-state index is 12.3. The van der Waals surface area contributed by atoms with Crippen LogP contribution in [0.2, 0.25) is 0 Å². The van der Waals surface area contributed by atoms with Crippen LogP contribution in [0.3, 0.4) is 0 Å². The van der Waals surface area contributed by atoms with Gasteiger partial charge in [0.1, 0.15) is 11.1 Å². The fourth-order valence-corrected chi connectivity index (χ4v) is 3.49. The number of nitrogens with zero attached hydrogens (tertiary/aromatic N) is 2. The first kappa shape index (κ1) is 19.2. The van der Waals surface area contributed by atoms with Crippen LogP contribution in [0.25, 0.3) is 0 Å². The van der Waals surface area contributed by atoms with Crippen LogP contribution in [0.4, 0.5) is 14.5 Å². The number of halogens is 2. The third kappa shape index (κ3) is 5.73. The van der Waals surface area contributed by atoms with E-state index < -0.39 is 5.76 Å². The first-order valence-electron chi connectivity index (χ1n) is 7.25. The van der Waals surface area contributed by atoms with Gasteiger partial charge in [-0.3, -0.25) is 4.79 Å². The molecule has 1 amide bonds. The number of nitriles is 1. The van der Waals surface area contributed by atoms with Gasteiger partial charge < -0.3 is 5.32 Å². The Labute approximate surface area is 153 Å². The van der Waals surface area contributed by atoms with Crippen molar-refractivity contribution >= 4 is 35.1 Å². The molecule has 0 atom stereocenters. The summed E-state index contributed by atoms with van der Waals surface area (Å²) in [5.74, 6) is -2.64. The van der Waals surface area contributed by atoms with Crippen LogP contribution in [-0.2, 0) is 4.79 Å². The largest absolute Gasteiger partial charge is 0.325 e. The van der Waals surface area contributed by atoms with Crippen molar-refractivity contribution in [2.75, 3.05) is 11.1 Å². The van der Waals surface area contributed by atoms with E-state index in [1.165, 1.54) is 23.9 Å². The second-order valence-electron chi connectivity index (χ2n) is 5.11. The summed E-state index contributed by atoms with van der Waals surface area (Å²) < 4.78 is 24.5. The number of aryl methyl sites for hydroxylation is 2. The van der Waals surface area contributed by atoms with Crippen molar-refractivity contribution < 1.29 is 13.6 Å². The molecule has 4 nitrogen and oxygen atoms in total. The second-order valence-corrected chi connectivity index (χ2v) is 7.14. The van der Waals surface area contributed by atoms with Gasteiger partial charge in [-0.1, -0.05) is 23.5 Å². The number of nitrogens with one attached hydrogen (secondary N) is 1. The molecule has 0 bridgehead atoms. The molecule has 0 spiro atoms. The molecule has 0 aliphatic rings. The third-order valence-electron chi connectivity index (χ3n) is 3.13. The monoisotopic (exact) mass is 379 g/mol. The van der Waals surface area contributed by atoms with Crippen molar-refractivity contribution in [1.29, 1.82) is 5.26 Å². The lowest BCUT2D eigenvalue weighted by atomic mass is 10.1. The minimum atomic E-state index is -2.48. The van der Waals surface area contributed by atoms with Crippen LogP contribution in [0.1, 0.15) is 16.8 Å². The van der Waals surface area contributed by atoms with E-state index in [0.29, 0.717) is 32.9 Å². The average molecular weight is 379 g/mol. The molecule has 0 fully saturated rings. The van der Waals surface area contributed by atoms with Gasteiger partial charge in [0, 0.05) is 16.3 Å². The van der Waals surface area contributed by atoms with Gasteiger partial charge in [-0.25, -0.2) is 4.98 Å². The summed E-state index contributed by atoms with van der Waals surface area (Å²) in [5.41, 5.74) is 2.60. The molecule has 0 aliphatic carbocycles. The number of carbonyl (C=O) groups is 1. The summed E-state index contributed by atoms with van der Waals surface area (Å²) in [5, 5.41) is 12.4. The maximum atomic E-state index is 12.3. The number of hydrogen-bond acceptors (Lipinski definition) is 5. The van der Waals surface area contributed by atoms with E-state index in [1.807, 2.05) is 19.9 Å². The molecule has 0 radical (unpaired) electrons. The van der Waals surface area contributed by atoms with Gasteiger partial charge in [-0.15, -0.1) is 0 Å². The fourth-order valence-electron chi connectivity index (χ4n) is 2.09. The molecular weight excluding hydrogens is 364 g/mol. The second kappa shape index (κ2) is 8.83. The zero-order valence-corrected chi connectivity index (χ0v) is 15.2. The van der Waals surface area contributed by atoms with E-state index in [-0.39, 0.29) is 11.7 Å². The Bertz CT molecular complexity index is 805. The number of amides is 1. The Morgan fingerprint density at radius 1 is 1.32 bits per heavy atom. The number of pyridine rings is 1. The highest BCUT2D eigenvalue weighted by Crippen LogP contribution is 2.27. The van der Waals surface area contributed by atoms with Gasteiger partial charge in [-0.05, 0) is 49.7 Å². The highest BCUT2D eigenvalue weighted by molar-refractivity contribution is 8.00. The molecule has 0 saturated heterocycles. The summed E-state index contributed by atoms with van der Waals surface area (Å²) in [6.07, 6.45) is 0. The summed E-state index contributed by atoms with van der Waals surface area (Å²) in [7, 11) is 0. The van der Waals surface area contributed by atoms with Crippen molar-refractivity contribution in [1.82, 2.24) is 4.98 Å². The molecule has 8 heteroatoms. The highest BCUT2D eigenvalue weighted by Gasteiger charge is 2.12. The van der Waals surface area contributed by atoms with Crippen LogP contribution >= 0.6 is 23.5 Å². The zero-order valence-electron chi connectivity index (χ0n) is 13.5. The Kier molecular flexibility index (Phi) is 6.79. The van der Waals surface area contributed by atoms with Crippen LogP contribution in [0.5, 0.6) is 0 Å². The number of anilines is 1. The molecule has 1 aromatic heterocycles. The van der Waals surface area contributed by atoms with Gasteiger partial charge >= 0.3 is 0 Å². The number of alkyl halides is 2. The Hall–Kier alpha value is -2.11. The molecule has 1 N–H and O–H groups in total. The molecule has 25 heavy (non-hydrogen) atoms. The molecule has 0 aliphatic heterocycles. The van der Waals surface area contributed by atoms with E-state index in [0.717, 1.165) is 11.3 Å². The van der Waals surface area contributed by atoms with Crippen LogP contribution in [-0.4, -0.2) is 22.4 Å². The SMILES string of the molecule is Cc1cc(C)c(C#N)c(SCC(=O)Nc2ccc(SC(F)F)cc2)n1. The summed E-state index contributed by atoms with van der Waals surface area (Å²) in [4.78, 5) is 16.8. The van der Waals surface area contributed by atoms with Gasteiger partial charge in [0.05, 0.1) is 11.3 Å². The van der Waals surface area contributed by atoms with E-state index in [4.69, 9.17) is 0 Å². The third-order valence-corrected chi connectivity index (χ3v) is 4.82. The van der Waals surface area contributed by atoms with Crippen LogP contribution in [0.15, 0.2) is 40.3 Å². The minimum Gasteiger partial charge on any atom is -0.325 e. The van der Waals surface area contributed by atoms with Crippen molar-refractivity contribution in [3.05, 3.63) is 47.2 Å². The lowest BCUT2D eigenvalue weighted by molar-refractivity contribution is -0.113. The van der Waals surface area contributed by atoms with E-state index in [1.54, 1.807) is 12.1 Å². The van der Waals surface area contributed by atoms with Gasteiger partial charge in [0.25, 0.3) is 5.76 Å². The lowest BCUT2D eigenvalue weighted by Crippen LogP contribution is -2.14. The molecule has 130 valence electrons. The van der Waals surface area contributed by atoms with Crippen molar-refractivity contribution in [2.24, 2.45) is 0 Å². The molecule has 2 rings (SSSR count). The molecule has 1 aromatic carbocycles. The van der Waals surface area contributed by atoms with E-state index in [9.17, 15) is 18.8 Å². The quantitative estimate of drug-likeness (QED) is 0.742. The number of aromatic nitrogens is 1. The van der Waals surface area contributed by atoms with Crippen LogP contribution in [0, 0.1) is 25.2 Å². The summed E-state index contributed by atoms with van der Waals surface area (Å²) in [6, 6.07) is 10.1. The van der Waals surface area contributed by atoms with E-state index in [2.05, 4.69) is 16.4 Å². The molecule has 1 heterocycles. The van der Waals surface area contributed by atoms with Crippen molar-refractivity contribution in [3.8, 4) is 6.07 Å². The number of thioether (sulfide) groups is 2. The number of carbonyl (C=O) groups excluding carboxylic acids is 1. The summed E-state index contributed by atoms with van der Waals surface area (Å²) in [6.45, 7) is 3.66. The Morgan fingerprint density at radius 2 is 2.00 bits per heavy atom.